The Hall–Kier alpha value is -3.87. The highest BCUT2D eigenvalue weighted by atomic mass is 16.5. The normalized spacial score (nSPS) is 16.1. The van der Waals surface area contributed by atoms with E-state index in [4.69, 9.17) is 20.0 Å². The fourth-order valence-electron chi connectivity index (χ4n) is 3.81. The Morgan fingerprint density at radius 1 is 0.857 bits per heavy atom. The third-order valence-corrected chi connectivity index (χ3v) is 5.62. The number of Topliss-reactive ketones (excluding diaryl/α,β-unsaturated/α-hetero) is 1. The Morgan fingerprint density at radius 2 is 1.34 bits per heavy atom. The molecule has 1 saturated heterocycles. The van der Waals surface area contributed by atoms with Crippen LogP contribution in [-0.2, 0) is 4.79 Å². The molecule has 3 rings (SSSR count). The van der Waals surface area contributed by atoms with E-state index in [-0.39, 0.29) is 5.78 Å². The number of carbonyl (C=O) groups excluding carboxylic acids is 1. The minimum absolute atomic E-state index is 0.0513. The summed E-state index contributed by atoms with van der Waals surface area (Å²) in [6.45, 7) is 5.11. The zero-order valence-corrected chi connectivity index (χ0v) is 20.2. The number of rotatable bonds is 11. The van der Waals surface area contributed by atoms with Crippen molar-refractivity contribution in [1.29, 1.82) is 10.5 Å². The highest BCUT2D eigenvalue weighted by Crippen LogP contribution is 2.24. The summed E-state index contributed by atoms with van der Waals surface area (Å²) in [6, 6.07) is 19.6. The topological polar surface area (TPSA) is 86.3 Å². The molecule has 2 aromatic carbocycles. The van der Waals surface area contributed by atoms with Crippen LogP contribution in [0.15, 0.2) is 59.7 Å². The van der Waals surface area contributed by atoms with E-state index in [0.717, 1.165) is 40.3 Å². The average Bonchev–Trinajstić information content (AvgIpc) is 2.87. The molecule has 0 amide bonds. The largest absolute Gasteiger partial charge is 0.494 e. The molecule has 0 atom stereocenters. The molecule has 0 aromatic heterocycles. The molecular weight excluding hydrogens is 438 g/mol. The van der Waals surface area contributed by atoms with E-state index >= 15 is 0 Å². The molecule has 1 aliphatic heterocycles. The number of likely N-dealkylation sites (tertiary alicyclic amines) is 1. The van der Waals surface area contributed by atoms with Crippen LogP contribution in [0.25, 0.3) is 12.2 Å². The molecule has 180 valence electrons. The van der Waals surface area contributed by atoms with Crippen LogP contribution in [0.3, 0.4) is 0 Å². The van der Waals surface area contributed by atoms with Crippen LogP contribution in [-0.4, -0.2) is 43.5 Å². The Morgan fingerprint density at radius 3 is 1.77 bits per heavy atom. The summed E-state index contributed by atoms with van der Waals surface area (Å²) >= 11 is 0. The van der Waals surface area contributed by atoms with Gasteiger partial charge in [0.25, 0.3) is 0 Å². The monoisotopic (exact) mass is 469 g/mol. The van der Waals surface area contributed by atoms with Gasteiger partial charge >= 0.3 is 0 Å². The predicted molar refractivity (Wildman–Crippen MR) is 137 cm³/mol. The minimum atomic E-state index is 0.0513. The number of ketones is 1. The SMILES string of the molecule is CCN1C/C(=C/c2cccc(OCCCC#N)c2)C(=O)/C(=C/c2cccc(OCCCC#N)c2)C1. The van der Waals surface area contributed by atoms with Crippen molar-refractivity contribution in [2.75, 3.05) is 32.8 Å². The lowest BCUT2D eigenvalue weighted by Gasteiger charge is -2.28. The van der Waals surface area contributed by atoms with Gasteiger partial charge in [-0.1, -0.05) is 31.2 Å². The Bertz CT molecular complexity index is 1070. The van der Waals surface area contributed by atoms with Gasteiger partial charge < -0.3 is 9.47 Å². The summed E-state index contributed by atoms with van der Waals surface area (Å²) in [6.07, 6.45) is 6.19. The average molecular weight is 470 g/mol. The van der Waals surface area contributed by atoms with Gasteiger partial charge in [-0.25, -0.2) is 0 Å². The first-order valence-electron chi connectivity index (χ1n) is 12.0. The zero-order valence-electron chi connectivity index (χ0n) is 20.2. The number of likely N-dealkylation sites (N-methyl/N-ethyl adjacent to an activating group) is 1. The summed E-state index contributed by atoms with van der Waals surface area (Å²) in [5.74, 6) is 1.51. The first kappa shape index (κ1) is 25.7. The summed E-state index contributed by atoms with van der Waals surface area (Å²) in [7, 11) is 0. The van der Waals surface area contributed by atoms with Crippen molar-refractivity contribution >= 4 is 17.9 Å². The second-order valence-electron chi connectivity index (χ2n) is 8.34. The fraction of sp³-hybridized carbons (Fsp3) is 0.345. The van der Waals surface area contributed by atoms with Gasteiger partial charge in [0.2, 0.25) is 0 Å². The second-order valence-corrected chi connectivity index (χ2v) is 8.34. The smallest absolute Gasteiger partial charge is 0.187 e. The van der Waals surface area contributed by atoms with Crippen LogP contribution < -0.4 is 9.47 Å². The molecule has 6 heteroatoms. The Labute approximate surface area is 207 Å². The van der Waals surface area contributed by atoms with E-state index in [9.17, 15) is 4.79 Å². The molecule has 2 aromatic rings. The third-order valence-electron chi connectivity index (χ3n) is 5.62. The number of hydrogen-bond acceptors (Lipinski definition) is 6. The van der Waals surface area contributed by atoms with Crippen LogP contribution in [0.2, 0.25) is 0 Å². The molecular formula is C29H31N3O3. The third kappa shape index (κ3) is 8.14. The first-order valence-corrected chi connectivity index (χ1v) is 12.0. The van der Waals surface area contributed by atoms with Crippen LogP contribution in [0, 0.1) is 22.7 Å². The van der Waals surface area contributed by atoms with Crippen LogP contribution in [0.5, 0.6) is 11.5 Å². The molecule has 0 saturated carbocycles. The van der Waals surface area contributed by atoms with Crippen molar-refractivity contribution in [3.63, 3.8) is 0 Å². The highest BCUT2D eigenvalue weighted by Gasteiger charge is 2.25. The Balaban J connectivity index is 1.77. The van der Waals surface area contributed by atoms with Crippen molar-refractivity contribution < 1.29 is 14.3 Å². The van der Waals surface area contributed by atoms with Gasteiger partial charge in [0.15, 0.2) is 5.78 Å². The van der Waals surface area contributed by atoms with E-state index in [0.29, 0.717) is 52.0 Å². The maximum atomic E-state index is 13.4. The summed E-state index contributed by atoms with van der Waals surface area (Å²) in [5, 5.41) is 17.3. The number of hydrogen-bond donors (Lipinski definition) is 0. The molecule has 0 N–H and O–H groups in total. The molecule has 1 heterocycles. The van der Waals surface area contributed by atoms with Crippen LogP contribution in [0.1, 0.15) is 43.7 Å². The molecule has 6 nitrogen and oxygen atoms in total. The van der Waals surface area contributed by atoms with Crippen molar-refractivity contribution in [3.8, 4) is 23.6 Å². The predicted octanol–water partition coefficient (Wildman–Crippen LogP) is 5.42. The lowest BCUT2D eigenvalue weighted by atomic mass is 9.94. The molecule has 35 heavy (non-hydrogen) atoms. The second kappa shape index (κ2) is 13.7. The van der Waals surface area contributed by atoms with E-state index in [1.807, 2.05) is 60.7 Å². The molecule has 0 aliphatic carbocycles. The number of unbranched alkanes of at least 4 members (excludes halogenated alkanes) is 2. The van der Waals surface area contributed by atoms with Gasteiger partial charge in [0.1, 0.15) is 11.5 Å². The van der Waals surface area contributed by atoms with Gasteiger partial charge in [-0.05, 0) is 66.9 Å². The highest BCUT2D eigenvalue weighted by molar-refractivity contribution is 6.14. The quantitative estimate of drug-likeness (QED) is 0.322. The van der Waals surface area contributed by atoms with E-state index in [1.165, 1.54) is 0 Å². The van der Waals surface area contributed by atoms with Crippen LogP contribution in [0.4, 0.5) is 0 Å². The maximum absolute atomic E-state index is 13.4. The molecule has 0 spiro atoms. The van der Waals surface area contributed by atoms with Crippen molar-refractivity contribution in [3.05, 3.63) is 70.8 Å². The van der Waals surface area contributed by atoms with Crippen molar-refractivity contribution in [1.82, 2.24) is 4.90 Å². The van der Waals surface area contributed by atoms with Crippen LogP contribution >= 0.6 is 0 Å². The van der Waals surface area contributed by atoms with Gasteiger partial charge in [0.05, 0.1) is 25.4 Å². The number of benzene rings is 2. The lowest BCUT2D eigenvalue weighted by Crippen LogP contribution is -2.37. The Kier molecular flexibility index (Phi) is 10.1. The zero-order chi connectivity index (χ0) is 24.9. The van der Waals surface area contributed by atoms with Gasteiger partial charge in [-0.3, -0.25) is 9.69 Å². The number of carbonyl (C=O) groups is 1. The summed E-state index contributed by atoms with van der Waals surface area (Å²) in [4.78, 5) is 15.6. The molecule has 1 aliphatic rings. The van der Waals surface area contributed by atoms with Gasteiger partial charge in [-0.2, -0.15) is 10.5 Å². The molecule has 1 fully saturated rings. The summed E-state index contributed by atoms with van der Waals surface area (Å²) in [5.41, 5.74) is 3.32. The minimum Gasteiger partial charge on any atom is -0.494 e. The number of ether oxygens (including phenoxy) is 2. The van der Waals surface area contributed by atoms with E-state index in [2.05, 4.69) is 24.0 Å². The molecule has 0 radical (unpaired) electrons. The van der Waals surface area contributed by atoms with Gasteiger partial charge in [0, 0.05) is 37.1 Å². The molecule has 0 unspecified atom stereocenters. The van der Waals surface area contributed by atoms with Gasteiger partial charge in [-0.15, -0.1) is 0 Å². The maximum Gasteiger partial charge on any atom is 0.187 e. The fourth-order valence-corrected chi connectivity index (χ4v) is 3.81. The van der Waals surface area contributed by atoms with E-state index < -0.39 is 0 Å². The molecule has 0 bridgehead atoms. The number of nitriles is 2. The first-order chi connectivity index (χ1) is 17.1. The number of piperidine rings is 1. The van der Waals surface area contributed by atoms with Crippen molar-refractivity contribution in [2.24, 2.45) is 0 Å². The van der Waals surface area contributed by atoms with E-state index in [1.54, 1.807) is 0 Å². The van der Waals surface area contributed by atoms with Crippen molar-refractivity contribution in [2.45, 2.75) is 32.6 Å². The summed E-state index contributed by atoms with van der Waals surface area (Å²) < 4.78 is 11.5. The lowest BCUT2D eigenvalue weighted by molar-refractivity contribution is -0.113. The standard InChI is InChI=1S/C29H31N3O3/c1-2-32-21-25(17-23-9-7-11-27(19-23)34-15-5-3-13-30)29(33)26(22-32)18-24-10-8-12-28(20-24)35-16-6-4-14-31/h7-12,17-20H,2-6,15-16,21-22H2,1H3/b25-17-,26-18+. The number of nitrogens with zero attached hydrogens (tertiary/aromatic N) is 3.